The Bertz CT molecular complexity index is 365. The lowest BCUT2D eigenvalue weighted by molar-refractivity contribution is -0.141. The maximum Gasteiger partial charge on any atom is 0.327 e. The fraction of sp³-hybridized carbons (Fsp3) is 0.857. The van der Waals surface area contributed by atoms with Crippen molar-refractivity contribution >= 4 is 23.8 Å². The van der Waals surface area contributed by atoms with E-state index in [0.717, 1.165) is 12.8 Å². The first-order chi connectivity index (χ1) is 9.88. The van der Waals surface area contributed by atoms with E-state index in [9.17, 15) is 14.7 Å². The van der Waals surface area contributed by atoms with Gasteiger partial charge in [0, 0.05) is 19.3 Å². The van der Waals surface area contributed by atoms with Crippen LogP contribution in [0.2, 0.25) is 0 Å². The zero-order chi connectivity index (χ0) is 16.0. The van der Waals surface area contributed by atoms with E-state index in [2.05, 4.69) is 0 Å². The molecule has 1 saturated heterocycles. The van der Waals surface area contributed by atoms with Gasteiger partial charge in [0.15, 0.2) is 0 Å². The van der Waals surface area contributed by atoms with Crippen molar-refractivity contribution in [3.63, 3.8) is 0 Å². The quantitative estimate of drug-likeness (QED) is 0.778. The van der Waals surface area contributed by atoms with Crippen molar-refractivity contribution in [1.82, 2.24) is 9.80 Å². The molecule has 2 atom stereocenters. The molecule has 0 aliphatic carbocycles. The summed E-state index contributed by atoms with van der Waals surface area (Å²) >= 11 is 1.55. The average Bonchev–Trinajstić information content (AvgIpc) is 2.81. The molecule has 1 heterocycles. The van der Waals surface area contributed by atoms with Gasteiger partial charge in [0.05, 0.1) is 18.1 Å². The van der Waals surface area contributed by atoms with E-state index in [1.54, 1.807) is 23.7 Å². The second-order valence-electron chi connectivity index (χ2n) is 5.46. The Balaban J connectivity index is 2.67. The van der Waals surface area contributed by atoms with E-state index in [-0.39, 0.29) is 17.5 Å². The van der Waals surface area contributed by atoms with Crippen molar-refractivity contribution in [2.45, 2.75) is 51.1 Å². The van der Waals surface area contributed by atoms with Gasteiger partial charge >= 0.3 is 12.0 Å². The molecule has 1 N–H and O–H groups in total. The monoisotopic (exact) mass is 318 g/mol. The fourth-order valence-electron chi connectivity index (χ4n) is 2.20. The molecule has 0 saturated carbocycles. The first-order valence-electron chi connectivity index (χ1n) is 7.37. The molecule has 0 spiro atoms. The summed E-state index contributed by atoms with van der Waals surface area (Å²) in [6, 6.07) is -0.953. The standard InChI is InChI=1S/C14H26N2O4S/c1-5-6-12-16(11(9-21-12)13(17)18)14(19)15(4)7-8-20-10(2)3/h10-12H,5-9H2,1-4H3,(H,17,18). The van der Waals surface area contributed by atoms with Gasteiger partial charge in [-0.3, -0.25) is 4.90 Å². The van der Waals surface area contributed by atoms with Crippen LogP contribution in [0.3, 0.4) is 0 Å². The number of likely N-dealkylation sites (N-methyl/N-ethyl adjacent to an activating group) is 1. The third-order valence-electron chi connectivity index (χ3n) is 3.34. The maximum absolute atomic E-state index is 12.5. The predicted octanol–water partition coefficient (Wildman–Crippen LogP) is 2.09. The van der Waals surface area contributed by atoms with E-state index in [0.29, 0.717) is 18.9 Å². The molecule has 6 nitrogen and oxygen atoms in total. The minimum atomic E-state index is -0.929. The lowest BCUT2D eigenvalue weighted by Gasteiger charge is -2.31. The summed E-state index contributed by atoms with van der Waals surface area (Å²) in [5.74, 6) is -0.469. The summed E-state index contributed by atoms with van der Waals surface area (Å²) in [5, 5.41) is 9.25. The summed E-state index contributed by atoms with van der Waals surface area (Å²) in [5.41, 5.74) is 0. The topological polar surface area (TPSA) is 70.1 Å². The molecule has 0 bridgehead atoms. The normalized spacial score (nSPS) is 21.9. The highest BCUT2D eigenvalue weighted by Crippen LogP contribution is 2.33. The minimum Gasteiger partial charge on any atom is -0.480 e. The molecular weight excluding hydrogens is 292 g/mol. The number of carboxylic acid groups (broad SMARTS) is 1. The van der Waals surface area contributed by atoms with Crippen LogP contribution in [0.1, 0.15) is 33.6 Å². The first-order valence-corrected chi connectivity index (χ1v) is 8.42. The number of urea groups is 1. The van der Waals surface area contributed by atoms with Gasteiger partial charge in [0.2, 0.25) is 0 Å². The van der Waals surface area contributed by atoms with Gasteiger partial charge in [0.25, 0.3) is 0 Å². The Hall–Kier alpha value is -0.950. The van der Waals surface area contributed by atoms with Crippen LogP contribution in [-0.4, -0.2) is 70.4 Å². The Kier molecular flexibility index (Phi) is 7.31. The molecule has 7 heteroatoms. The highest BCUT2D eigenvalue weighted by molar-refractivity contribution is 8.00. The molecule has 0 aromatic heterocycles. The van der Waals surface area contributed by atoms with E-state index < -0.39 is 12.0 Å². The van der Waals surface area contributed by atoms with Crippen molar-refractivity contribution in [2.75, 3.05) is 26.0 Å². The molecule has 2 amide bonds. The number of hydrogen-bond donors (Lipinski definition) is 1. The second kappa shape index (κ2) is 8.48. The van der Waals surface area contributed by atoms with Gasteiger partial charge in [-0.1, -0.05) is 13.3 Å². The maximum atomic E-state index is 12.5. The number of nitrogens with zero attached hydrogens (tertiary/aromatic N) is 2. The van der Waals surface area contributed by atoms with Crippen LogP contribution < -0.4 is 0 Å². The third kappa shape index (κ3) is 5.07. The Morgan fingerprint density at radius 3 is 2.67 bits per heavy atom. The van der Waals surface area contributed by atoms with Gasteiger partial charge in [-0.15, -0.1) is 11.8 Å². The van der Waals surface area contributed by atoms with E-state index in [1.807, 2.05) is 20.8 Å². The molecule has 1 rings (SSSR count). The van der Waals surface area contributed by atoms with E-state index in [1.165, 1.54) is 4.90 Å². The number of aliphatic carboxylic acids is 1. The number of rotatable bonds is 7. The molecule has 21 heavy (non-hydrogen) atoms. The molecule has 0 aromatic carbocycles. The van der Waals surface area contributed by atoms with Gasteiger partial charge < -0.3 is 14.7 Å². The van der Waals surface area contributed by atoms with Crippen LogP contribution in [0.25, 0.3) is 0 Å². The molecule has 2 unspecified atom stereocenters. The zero-order valence-electron chi connectivity index (χ0n) is 13.2. The molecular formula is C14H26N2O4S. The highest BCUT2D eigenvalue weighted by Gasteiger charge is 2.42. The summed E-state index contributed by atoms with van der Waals surface area (Å²) in [6.07, 6.45) is 1.86. The summed E-state index contributed by atoms with van der Waals surface area (Å²) in [6.45, 7) is 6.84. The number of carbonyl (C=O) groups excluding carboxylic acids is 1. The van der Waals surface area contributed by atoms with Gasteiger partial charge in [-0.25, -0.2) is 9.59 Å². The SMILES string of the molecule is CCCC1SCC(C(=O)O)N1C(=O)N(C)CCOC(C)C. The number of thioether (sulfide) groups is 1. The fourth-order valence-corrected chi connectivity index (χ4v) is 3.71. The molecule has 1 fully saturated rings. The molecule has 0 aromatic rings. The van der Waals surface area contributed by atoms with Crippen LogP contribution in [0.4, 0.5) is 4.79 Å². The largest absolute Gasteiger partial charge is 0.480 e. The van der Waals surface area contributed by atoms with Gasteiger partial charge in [-0.05, 0) is 20.3 Å². The number of hydrogen-bond acceptors (Lipinski definition) is 4. The van der Waals surface area contributed by atoms with Gasteiger partial charge in [-0.2, -0.15) is 0 Å². The Labute approximate surface area is 130 Å². The molecule has 0 radical (unpaired) electrons. The van der Waals surface area contributed by atoms with Crippen molar-refractivity contribution in [3.8, 4) is 0 Å². The third-order valence-corrected chi connectivity index (χ3v) is 4.69. The van der Waals surface area contributed by atoms with Crippen LogP contribution in [0, 0.1) is 0 Å². The van der Waals surface area contributed by atoms with Crippen LogP contribution in [0.5, 0.6) is 0 Å². The number of carboxylic acids is 1. The number of ether oxygens (including phenoxy) is 1. The number of amides is 2. The first kappa shape index (κ1) is 18.1. The number of carbonyl (C=O) groups is 2. The van der Waals surface area contributed by atoms with Crippen molar-refractivity contribution in [2.24, 2.45) is 0 Å². The van der Waals surface area contributed by atoms with Crippen molar-refractivity contribution in [3.05, 3.63) is 0 Å². The zero-order valence-corrected chi connectivity index (χ0v) is 14.1. The average molecular weight is 318 g/mol. The molecule has 1 aliphatic rings. The van der Waals surface area contributed by atoms with Crippen LogP contribution in [-0.2, 0) is 9.53 Å². The minimum absolute atomic E-state index is 0.0444. The lowest BCUT2D eigenvalue weighted by atomic mass is 10.2. The Morgan fingerprint density at radius 2 is 2.14 bits per heavy atom. The van der Waals surface area contributed by atoms with Crippen molar-refractivity contribution in [1.29, 1.82) is 0 Å². The predicted molar refractivity (Wildman–Crippen MR) is 83.5 cm³/mol. The summed E-state index contributed by atoms with van der Waals surface area (Å²) in [4.78, 5) is 27.0. The van der Waals surface area contributed by atoms with Crippen LogP contribution in [0.15, 0.2) is 0 Å². The Morgan fingerprint density at radius 1 is 1.48 bits per heavy atom. The smallest absolute Gasteiger partial charge is 0.327 e. The highest BCUT2D eigenvalue weighted by atomic mass is 32.2. The van der Waals surface area contributed by atoms with E-state index in [4.69, 9.17) is 4.74 Å². The molecule has 122 valence electrons. The van der Waals surface area contributed by atoms with E-state index >= 15 is 0 Å². The lowest BCUT2D eigenvalue weighted by Crippen LogP contribution is -2.51. The summed E-state index contributed by atoms with van der Waals surface area (Å²) in [7, 11) is 1.69. The van der Waals surface area contributed by atoms with Crippen molar-refractivity contribution < 1.29 is 19.4 Å². The van der Waals surface area contributed by atoms with Crippen LogP contribution >= 0.6 is 11.8 Å². The second-order valence-corrected chi connectivity index (χ2v) is 6.67. The summed E-state index contributed by atoms with van der Waals surface area (Å²) < 4.78 is 5.44. The molecule has 1 aliphatic heterocycles. The van der Waals surface area contributed by atoms with Gasteiger partial charge in [0.1, 0.15) is 6.04 Å².